The van der Waals surface area contributed by atoms with Gasteiger partial charge in [-0.2, -0.15) is 5.10 Å². The number of halogens is 1. The van der Waals surface area contributed by atoms with E-state index in [9.17, 15) is 0 Å². The van der Waals surface area contributed by atoms with Gasteiger partial charge in [0, 0.05) is 18.3 Å². The molecule has 2 N–H and O–H groups in total. The number of rotatable bonds is 11. The SMILES string of the molecule is CCNC(=NCc1ccccc1-n1nc(C)cc1C)NC(C)CCCN(CC)CC.I. The van der Waals surface area contributed by atoms with Crippen molar-refractivity contribution in [3.05, 3.63) is 47.3 Å². The fourth-order valence-corrected chi connectivity index (χ4v) is 3.67. The Morgan fingerprint density at radius 3 is 2.48 bits per heavy atom. The molecule has 2 aromatic rings. The van der Waals surface area contributed by atoms with Crippen molar-refractivity contribution in [2.24, 2.45) is 4.99 Å². The van der Waals surface area contributed by atoms with Crippen LogP contribution in [0.15, 0.2) is 35.3 Å². The molecule has 0 fully saturated rings. The second kappa shape index (κ2) is 14.5. The predicted molar refractivity (Wildman–Crippen MR) is 143 cm³/mol. The molecular formula is C24H41IN6. The molecule has 0 spiro atoms. The summed E-state index contributed by atoms with van der Waals surface area (Å²) in [6, 6.07) is 10.8. The monoisotopic (exact) mass is 540 g/mol. The molecule has 0 aliphatic carbocycles. The number of aryl methyl sites for hydroxylation is 2. The van der Waals surface area contributed by atoms with Gasteiger partial charge in [-0.3, -0.25) is 0 Å². The highest BCUT2D eigenvalue weighted by Crippen LogP contribution is 2.17. The van der Waals surface area contributed by atoms with E-state index in [0.717, 1.165) is 61.2 Å². The Kier molecular flexibility index (Phi) is 12.8. The van der Waals surface area contributed by atoms with Gasteiger partial charge < -0.3 is 15.5 Å². The Balaban J connectivity index is 0.00000480. The van der Waals surface area contributed by atoms with E-state index in [2.05, 4.69) is 85.6 Å². The van der Waals surface area contributed by atoms with Crippen LogP contribution in [0.5, 0.6) is 0 Å². The van der Waals surface area contributed by atoms with Crippen LogP contribution in [-0.2, 0) is 6.54 Å². The van der Waals surface area contributed by atoms with E-state index >= 15 is 0 Å². The molecular weight excluding hydrogens is 499 g/mol. The van der Waals surface area contributed by atoms with Gasteiger partial charge in [0.05, 0.1) is 17.9 Å². The summed E-state index contributed by atoms with van der Waals surface area (Å²) in [6.07, 6.45) is 2.32. The lowest BCUT2D eigenvalue weighted by atomic mass is 10.1. The molecule has 0 amide bonds. The van der Waals surface area contributed by atoms with Crippen LogP contribution in [-0.4, -0.2) is 52.9 Å². The molecule has 6 nitrogen and oxygen atoms in total. The zero-order valence-corrected chi connectivity index (χ0v) is 22.4. The molecule has 1 heterocycles. The first-order valence-electron chi connectivity index (χ1n) is 11.4. The lowest BCUT2D eigenvalue weighted by Crippen LogP contribution is -2.42. The van der Waals surface area contributed by atoms with Crippen LogP contribution in [0.25, 0.3) is 5.69 Å². The van der Waals surface area contributed by atoms with Crippen LogP contribution < -0.4 is 10.6 Å². The summed E-state index contributed by atoms with van der Waals surface area (Å²) in [6.45, 7) is 17.8. The first-order valence-corrected chi connectivity index (χ1v) is 11.4. The van der Waals surface area contributed by atoms with Gasteiger partial charge in [-0.25, -0.2) is 9.67 Å². The number of hydrogen-bond donors (Lipinski definition) is 2. The summed E-state index contributed by atoms with van der Waals surface area (Å²) in [5.41, 5.74) is 4.42. The van der Waals surface area contributed by atoms with Crippen LogP contribution in [0.4, 0.5) is 0 Å². The Labute approximate surface area is 205 Å². The summed E-state index contributed by atoms with van der Waals surface area (Å²) >= 11 is 0. The normalized spacial score (nSPS) is 12.5. The number of benzene rings is 1. The summed E-state index contributed by atoms with van der Waals surface area (Å²) in [5.74, 6) is 0.871. The Bertz CT molecular complexity index is 797. The quantitative estimate of drug-likeness (QED) is 0.247. The molecule has 0 saturated heterocycles. The van der Waals surface area contributed by atoms with Gasteiger partial charge in [-0.05, 0) is 77.9 Å². The fraction of sp³-hybridized carbons (Fsp3) is 0.583. The largest absolute Gasteiger partial charge is 0.357 e. The molecule has 31 heavy (non-hydrogen) atoms. The molecule has 7 heteroatoms. The highest BCUT2D eigenvalue weighted by molar-refractivity contribution is 14.0. The number of hydrogen-bond acceptors (Lipinski definition) is 3. The van der Waals surface area contributed by atoms with Crippen molar-refractivity contribution in [1.82, 2.24) is 25.3 Å². The van der Waals surface area contributed by atoms with Crippen LogP contribution in [0, 0.1) is 13.8 Å². The van der Waals surface area contributed by atoms with Crippen molar-refractivity contribution >= 4 is 29.9 Å². The third-order valence-corrected chi connectivity index (χ3v) is 5.37. The molecule has 0 aliphatic heterocycles. The van der Waals surface area contributed by atoms with Crippen molar-refractivity contribution in [3.8, 4) is 5.69 Å². The summed E-state index contributed by atoms with van der Waals surface area (Å²) in [7, 11) is 0. The highest BCUT2D eigenvalue weighted by atomic mass is 127. The van der Waals surface area contributed by atoms with Gasteiger partial charge in [-0.1, -0.05) is 32.0 Å². The van der Waals surface area contributed by atoms with Crippen molar-refractivity contribution in [2.75, 3.05) is 26.2 Å². The number of para-hydroxylation sites is 1. The van der Waals surface area contributed by atoms with E-state index in [1.54, 1.807) is 0 Å². The molecule has 0 radical (unpaired) electrons. The lowest BCUT2D eigenvalue weighted by Gasteiger charge is -2.21. The first-order chi connectivity index (χ1) is 14.5. The second-order valence-corrected chi connectivity index (χ2v) is 7.88. The van der Waals surface area contributed by atoms with Gasteiger partial charge in [-0.15, -0.1) is 24.0 Å². The number of nitrogens with zero attached hydrogens (tertiary/aromatic N) is 4. The Morgan fingerprint density at radius 2 is 1.87 bits per heavy atom. The number of guanidine groups is 1. The molecule has 0 saturated carbocycles. The lowest BCUT2D eigenvalue weighted by molar-refractivity contribution is 0.292. The van der Waals surface area contributed by atoms with Crippen molar-refractivity contribution in [2.45, 2.75) is 67.0 Å². The smallest absolute Gasteiger partial charge is 0.191 e. The molecule has 1 atom stereocenters. The average Bonchev–Trinajstić information content (AvgIpc) is 3.07. The van der Waals surface area contributed by atoms with E-state index < -0.39 is 0 Å². The zero-order chi connectivity index (χ0) is 21.9. The van der Waals surface area contributed by atoms with E-state index in [1.807, 2.05) is 11.6 Å². The van der Waals surface area contributed by atoms with E-state index in [1.165, 1.54) is 6.42 Å². The minimum Gasteiger partial charge on any atom is -0.357 e. The molecule has 0 aliphatic rings. The van der Waals surface area contributed by atoms with Crippen molar-refractivity contribution in [3.63, 3.8) is 0 Å². The first kappa shape index (κ1) is 27.4. The van der Waals surface area contributed by atoms with Crippen LogP contribution in [0.2, 0.25) is 0 Å². The fourth-order valence-electron chi connectivity index (χ4n) is 3.67. The van der Waals surface area contributed by atoms with E-state index in [0.29, 0.717) is 12.6 Å². The van der Waals surface area contributed by atoms with Crippen LogP contribution in [0.1, 0.15) is 57.5 Å². The van der Waals surface area contributed by atoms with Crippen LogP contribution >= 0.6 is 24.0 Å². The molecule has 1 aromatic heterocycles. The molecule has 2 rings (SSSR count). The van der Waals surface area contributed by atoms with E-state index in [-0.39, 0.29) is 24.0 Å². The minimum atomic E-state index is 0. The number of nitrogens with one attached hydrogen (secondary N) is 2. The van der Waals surface area contributed by atoms with Gasteiger partial charge in [0.25, 0.3) is 0 Å². The van der Waals surface area contributed by atoms with Gasteiger partial charge >= 0.3 is 0 Å². The van der Waals surface area contributed by atoms with Gasteiger partial charge in [0.15, 0.2) is 5.96 Å². The molecule has 0 bridgehead atoms. The maximum Gasteiger partial charge on any atom is 0.191 e. The topological polar surface area (TPSA) is 57.5 Å². The van der Waals surface area contributed by atoms with E-state index in [4.69, 9.17) is 4.99 Å². The molecule has 174 valence electrons. The van der Waals surface area contributed by atoms with Crippen LogP contribution in [0.3, 0.4) is 0 Å². The number of aliphatic imine (C=N–C) groups is 1. The zero-order valence-electron chi connectivity index (χ0n) is 20.1. The number of aromatic nitrogens is 2. The predicted octanol–water partition coefficient (Wildman–Crippen LogP) is 4.67. The van der Waals surface area contributed by atoms with Gasteiger partial charge in [0.2, 0.25) is 0 Å². The van der Waals surface area contributed by atoms with Crippen molar-refractivity contribution in [1.29, 1.82) is 0 Å². The molecule has 1 aromatic carbocycles. The Morgan fingerprint density at radius 1 is 1.16 bits per heavy atom. The highest BCUT2D eigenvalue weighted by Gasteiger charge is 2.10. The third-order valence-electron chi connectivity index (χ3n) is 5.37. The Hall–Kier alpha value is -1.61. The minimum absolute atomic E-state index is 0. The molecule has 1 unspecified atom stereocenters. The maximum atomic E-state index is 4.86. The third kappa shape index (κ3) is 8.80. The standard InChI is InChI=1S/C24H40N6.HI/c1-7-25-24(27-19(4)13-12-16-29(8-2)9-3)26-18-22-14-10-11-15-23(22)30-21(6)17-20(5)28-30;/h10-11,14-15,17,19H,7-9,12-13,16,18H2,1-6H3,(H2,25,26,27);1H. The average molecular weight is 541 g/mol. The maximum absolute atomic E-state index is 4.86. The summed E-state index contributed by atoms with van der Waals surface area (Å²) in [5, 5.41) is 11.6. The second-order valence-electron chi connectivity index (χ2n) is 7.88. The summed E-state index contributed by atoms with van der Waals surface area (Å²) < 4.78 is 2.01. The van der Waals surface area contributed by atoms with Crippen molar-refractivity contribution < 1.29 is 0 Å². The summed E-state index contributed by atoms with van der Waals surface area (Å²) in [4.78, 5) is 7.34. The van der Waals surface area contributed by atoms with Gasteiger partial charge in [0.1, 0.15) is 0 Å².